The molecule has 1 atom stereocenters. The first kappa shape index (κ1) is 11.8. The second-order valence-electron chi connectivity index (χ2n) is 8.06. The van der Waals surface area contributed by atoms with E-state index in [2.05, 4.69) is 6.92 Å². The standard InChI is InChI=1S/C17H29N/c1-2-15(18)17(4-3-5-17)16-13-7-11-6-12(9-13)10-14(16)8-11/h11-16H,2-10,18H2,1H3. The van der Waals surface area contributed by atoms with Gasteiger partial charge in [0, 0.05) is 6.04 Å². The van der Waals surface area contributed by atoms with E-state index >= 15 is 0 Å². The van der Waals surface area contributed by atoms with Gasteiger partial charge in [-0.25, -0.2) is 0 Å². The van der Waals surface area contributed by atoms with Gasteiger partial charge >= 0.3 is 0 Å². The Morgan fingerprint density at radius 2 is 1.56 bits per heavy atom. The van der Waals surface area contributed by atoms with E-state index in [1.807, 2.05) is 0 Å². The third-order valence-electron chi connectivity index (χ3n) is 7.35. The largest absolute Gasteiger partial charge is 0.327 e. The summed E-state index contributed by atoms with van der Waals surface area (Å²) in [7, 11) is 0. The SMILES string of the molecule is CCC(N)C1(C2C3CC4CC(C3)CC2C4)CCC1. The Hall–Kier alpha value is -0.0400. The van der Waals surface area contributed by atoms with E-state index in [0.717, 1.165) is 29.6 Å². The molecule has 1 heteroatoms. The zero-order valence-electron chi connectivity index (χ0n) is 11.9. The predicted octanol–water partition coefficient (Wildman–Crippen LogP) is 3.97. The van der Waals surface area contributed by atoms with Crippen LogP contribution in [-0.2, 0) is 0 Å². The fourth-order valence-corrected chi connectivity index (χ4v) is 6.81. The van der Waals surface area contributed by atoms with Gasteiger partial charge in [-0.3, -0.25) is 0 Å². The molecular formula is C17H29N. The van der Waals surface area contributed by atoms with Crippen molar-refractivity contribution in [3.63, 3.8) is 0 Å². The molecular weight excluding hydrogens is 218 g/mol. The first-order chi connectivity index (χ1) is 8.73. The van der Waals surface area contributed by atoms with Crippen LogP contribution in [0, 0.1) is 35.0 Å². The van der Waals surface area contributed by atoms with E-state index in [9.17, 15) is 0 Å². The summed E-state index contributed by atoms with van der Waals surface area (Å²) >= 11 is 0. The van der Waals surface area contributed by atoms with Crippen LogP contribution in [0.3, 0.4) is 0 Å². The summed E-state index contributed by atoms with van der Waals surface area (Å²) in [6, 6.07) is 0.494. The molecule has 102 valence electrons. The monoisotopic (exact) mass is 247 g/mol. The first-order valence-corrected chi connectivity index (χ1v) is 8.48. The van der Waals surface area contributed by atoms with E-state index in [-0.39, 0.29) is 0 Å². The maximum Gasteiger partial charge on any atom is 0.00957 e. The van der Waals surface area contributed by atoms with Crippen LogP contribution in [0.5, 0.6) is 0 Å². The highest BCUT2D eigenvalue weighted by Gasteiger charge is 2.58. The molecule has 18 heavy (non-hydrogen) atoms. The van der Waals surface area contributed by atoms with Gasteiger partial charge in [0.25, 0.3) is 0 Å². The van der Waals surface area contributed by atoms with Crippen molar-refractivity contribution in [3.8, 4) is 0 Å². The van der Waals surface area contributed by atoms with E-state index < -0.39 is 0 Å². The third-order valence-corrected chi connectivity index (χ3v) is 7.35. The Bertz CT molecular complexity index is 303. The summed E-state index contributed by atoms with van der Waals surface area (Å²) in [6.45, 7) is 2.31. The van der Waals surface area contributed by atoms with Crippen LogP contribution in [0.2, 0.25) is 0 Å². The van der Waals surface area contributed by atoms with Gasteiger partial charge in [0.2, 0.25) is 0 Å². The Labute approximate surface area is 112 Å². The van der Waals surface area contributed by atoms with Gasteiger partial charge in [0.15, 0.2) is 0 Å². The number of rotatable bonds is 3. The molecule has 0 aromatic rings. The molecule has 0 amide bonds. The van der Waals surface area contributed by atoms with Gasteiger partial charge < -0.3 is 5.73 Å². The van der Waals surface area contributed by atoms with E-state index in [1.165, 1.54) is 25.7 Å². The quantitative estimate of drug-likeness (QED) is 0.802. The van der Waals surface area contributed by atoms with Crippen molar-refractivity contribution in [2.24, 2.45) is 40.7 Å². The third kappa shape index (κ3) is 1.43. The molecule has 0 spiro atoms. The lowest BCUT2D eigenvalue weighted by atomic mass is 9.42. The zero-order valence-corrected chi connectivity index (χ0v) is 11.9. The Balaban J connectivity index is 1.64. The molecule has 0 saturated heterocycles. The lowest BCUT2D eigenvalue weighted by molar-refractivity contribution is -0.135. The van der Waals surface area contributed by atoms with Gasteiger partial charge in [-0.2, -0.15) is 0 Å². The highest BCUT2D eigenvalue weighted by Crippen LogP contribution is 2.65. The lowest BCUT2D eigenvalue weighted by Crippen LogP contribution is -2.60. The fourth-order valence-electron chi connectivity index (χ4n) is 6.81. The van der Waals surface area contributed by atoms with Gasteiger partial charge in [0.1, 0.15) is 0 Å². The maximum atomic E-state index is 6.59. The van der Waals surface area contributed by atoms with E-state index in [0.29, 0.717) is 11.5 Å². The van der Waals surface area contributed by atoms with Gasteiger partial charge in [-0.1, -0.05) is 13.3 Å². The molecule has 0 radical (unpaired) electrons. The fraction of sp³-hybridized carbons (Fsp3) is 1.00. The molecule has 5 rings (SSSR count). The summed E-state index contributed by atoms with van der Waals surface area (Å²) < 4.78 is 0. The smallest absolute Gasteiger partial charge is 0.00957 e. The summed E-state index contributed by atoms with van der Waals surface area (Å²) in [5.74, 6) is 5.38. The average molecular weight is 247 g/mol. The van der Waals surface area contributed by atoms with Crippen molar-refractivity contribution in [2.75, 3.05) is 0 Å². The molecule has 4 bridgehead atoms. The highest BCUT2D eigenvalue weighted by molar-refractivity contribution is 5.09. The molecule has 0 heterocycles. The normalized spacial score (nSPS) is 50.0. The minimum atomic E-state index is 0.494. The Morgan fingerprint density at radius 1 is 1.00 bits per heavy atom. The maximum absolute atomic E-state index is 6.59. The number of hydrogen-bond acceptors (Lipinski definition) is 1. The minimum absolute atomic E-state index is 0.494. The summed E-state index contributed by atoms with van der Waals surface area (Å²) in [6.07, 6.45) is 13.4. The molecule has 5 aliphatic rings. The first-order valence-electron chi connectivity index (χ1n) is 8.48. The molecule has 5 fully saturated rings. The molecule has 1 unspecified atom stereocenters. The molecule has 5 saturated carbocycles. The van der Waals surface area contributed by atoms with E-state index in [1.54, 1.807) is 32.1 Å². The van der Waals surface area contributed by atoms with Crippen molar-refractivity contribution in [1.82, 2.24) is 0 Å². The molecule has 5 aliphatic carbocycles. The van der Waals surface area contributed by atoms with Crippen LogP contribution in [0.25, 0.3) is 0 Å². The van der Waals surface area contributed by atoms with Crippen LogP contribution >= 0.6 is 0 Å². The molecule has 1 nitrogen and oxygen atoms in total. The second-order valence-corrected chi connectivity index (χ2v) is 8.06. The Morgan fingerprint density at radius 3 is 1.94 bits per heavy atom. The summed E-state index contributed by atoms with van der Waals surface area (Å²) in [4.78, 5) is 0. The van der Waals surface area contributed by atoms with Crippen molar-refractivity contribution in [1.29, 1.82) is 0 Å². The van der Waals surface area contributed by atoms with Crippen LogP contribution in [-0.4, -0.2) is 6.04 Å². The molecule has 0 aromatic heterocycles. The molecule has 0 aromatic carbocycles. The highest BCUT2D eigenvalue weighted by atomic mass is 14.8. The average Bonchev–Trinajstić information content (AvgIpc) is 2.29. The van der Waals surface area contributed by atoms with Crippen molar-refractivity contribution < 1.29 is 0 Å². The minimum Gasteiger partial charge on any atom is -0.327 e. The van der Waals surface area contributed by atoms with Crippen LogP contribution < -0.4 is 5.73 Å². The molecule has 2 N–H and O–H groups in total. The van der Waals surface area contributed by atoms with Crippen LogP contribution in [0.15, 0.2) is 0 Å². The van der Waals surface area contributed by atoms with Crippen LogP contribution in [0.4, 0.5) is 0 Å². The molecule has 0 aliphatic heterocycles. The van der Waals surface area contributed by atoms with Crippen molar-refractivity contribution in [2.45, 2.75) is 70.8 Å². The second kappa shape index (κ2) is 3.98. The Kier molecular flexibility index (Phi) is 2.60. The van der Waals surface area contributed by atoms with Crippen molar-refractivity contribution >= 4 is 0 Å². The van der Waals surface area contributed by atoms with Crippen LogP contribution in [0.1, 0.15) is 64.7 Å². The zero-order chi connectivity index (χ0) is 12.3. The number of nitrogens with two attached hydrogens (primary N) is 1. The lowest BCUT2D eigenvalue weighted by Gasteiger charge is -2.64. The predicted molar refractivity (Wildman–Crippen MR) is 75.1 cm³/mol. The van der Waals surface area contributed by atoms with Gasteiger partial charge in [0.05, 0.1) is 0 Å². The summed E-state index contributed by atoms with van der Waals surface area (Å²) in [5, 5.41) is 0. The topological polar surface area (TPSA) is 26.0 Å². The number of hydrogen-bond donors (Lipinski definition) is 1. The van der Waals surface area contributed by atoms with Crippen molar-refractivity contribution in [3.05, 3.63) is 0 Å². The van der Waals surface area contributed by atoms with Gasteiger partial charge in [-0.05, 0) is 86.4 Å². The summed E-state index contributed by atoms with van der Waals surface area (Å²) in [5.41, 5.74) is 7.17. The van der Waals surface area contributed by atoms with Gasteiger partial charge in [-0.15, -0.1) is 0 Å². The van der Waals surface area contributed by atoms with E-state index in [4.69, 9.17) is 5.73 Å².